The fourth-order valence-electron chi connectivity index (χ4n) is 2.90. The zero-order valence-electron chi connectivity index (χ0n) is 15.6. The van der Waals surface area contributed by atoms with Gasteiger partial charge in [-0.3, -0.25) is 4.79 Å². The average molecular weight is 366 g/mol. The highest BCUT2D eigenvalue weighted by atomic mass is 16.5. The molecule has 3 rings (SSSR count). The van der Waals surface area contributed by atoms with Gasteiger partial charge in [-0.1, -0.05) is 24.3 Å². The molecule has 2 aromatic carbocycles. The summed E-state index contributed by atoms with van der Waals surface area (Å²) < 4.78 is 15.9. The van der Waals surface area contributed by atoms with Crippen LogP contribution in [-0.4, -0.2) is 33.1 Å². The summed E-state index contributed by atoms with van der Waals surface area (Å²) in [5.74, 6) is 2.52. The molecule has 1 amide bonds. The van der Waals surface area contributed by atoms with Gasteiger partial charge in [-0.15, -0.1) is 0 Å². The summed E-state index contributed by atoms with van der Waals surface area (Å²) in [4.78, 5) is 16.7. The van der Waals surface area contributed by atoms with Crippen LogP contribution in [0.1, 0.15) is 17.5 Å². The first kappa shape index (κ1) is 18.5. The maximum absolute atomic E-state index is 12.2. The van der Waals surface area contributed by atoms with E-state index in [1.54, 1.807) is 33.5 Å². The summed E-state index contributed by atoms with van der Waals surface area (Å²) in [6.45, 7) is 0. The Labute approximate surface area is 158 Å². The van der Waals surface area contributed by atoms with Crippen LogP contribution in [0.5, 0.6) is 17.2 Å². The number of hydrogen-bond donors (Lipinski definition) is 1. The third-order valence-electron chi connectivity index (χ3n) is 4.28. The predicted molar refractivity (Wildman–Crippen MR) is 104 cm³/mol. The number of amides is 1. The predicted octanol–water partition coefficient (Wildman–Crippen LogP) is 3.21. The minimum atomic E-state index is -0.209. The molecule has 1 N–H and O–H groups in total. The first-order valence-electron chi connectivity index (χ1n) is 8.59. The van der Waals surface area contributed by atoms with Crippen LogP contribution in [0.15, 0.2) is 53.2 Å². The Morgan fingerprint density at radius 1 is 0.926 bits per heavy atom. The van der Waals surface area contributed by atoms with E-state index < -0.39 is 0 Å². The molecule has 1 aliphatic heterocycles. The molecular weight excluding hydrogens is 344 g/mol. The normalized spacial score (nSPS) is 14.7. The molecule has 1 aliphatic rings. The van der Waals surface area contributed by atoms with E-state index in [1.165, 1.54) is 0 Å². The number of ether oxygens (including phenoxy) is 3. The number of aryl methyl sites for hydroxylation is 1. The van der Waals surface area contributed by atoms with Gasteiger partial charge in [0, 0.05) is 6.42 Å². The van der Waals surface area contributed by atoms with Gasteiger partial charge in [0.25, 0.3) is 5.91 Å². The Hall–Kier alpha value is -3.28. The summed E-state index contributed by atoms with van der Waals surface area (Å²) in [6, 6.07) is 13.3. The van der Waals surface area contributed by atoms with Crippen LogP contribution in [-0.2, 0) is 11.2 Å². The van der Waals surface area contributed by atoms with Crippen LogP contribution in [0.4, 0.5) is 0 Å². The van der Waals surface area contributed by atoms with Crippen LogP contribution >= 0.6 is 0 Å². The van der Waals surface area contributed by atoms with Crippen molar-refractivity contribution < 1.29 is 19.0 Å². The van der Waals surface area contributed by atoms with E-state index >= 15 is 0 Å². The molecule has 140 valence electrons. The zero-order chi connectivity index (χ0) is 19.2. The van der Waals surface area contributed by atoms with Gasteiger partial charge in [0.15, 0.2) is 11.5 Å². The zero-order valence-corrected chi connectivity index (χ0v) is 15.6. The molecule has 0 spiro atoms. The van der Waals surface area contributed by atoms with Gasteiger partial charge in [-0.2, -0.15) is 0 Å². The van der Waals surface area contributed by atoms with E-state index in [0.29, 0.717) is 29.5 Å². The third-order valence-corrected chi connectivity index (χ3v) is 4.28. The molecule has 0 fully saturated rings. The van der Waals surface area contributed by atoms with Crippen molar-refractivity contribution in [3.8, 4) is 17.2 Å². The monoisotopic (exact) mass is 366 g/mol. The van der Waals surface area contributed by atoms with Gasteiger partial charge in [0.2, 0.25) is 0 Å². The maximum atomic E-state index is 12.2. The number of nitrogens with one attached hydrogen (secondary N) is 1. The summed E-state index contributed by atoms with van der Waals surface area (Å²) in [7, 11) is 4.81. The van der Waals surface area contributed by atoms with E-state index in [-0.39, 0.29) is 5.91 Å². The quantitative estimate of drug-likeness (QED) is 0.764. The Morgan fingerprint density at radius 2 is 1.67 bits per heavy atom. The first-order chi connectivity index (χ1) is 13.1. The lowest BCUT2D eigenvalue weighted by atomic mass is 10.1. The standard InChI is InChI=1S/C21H22N2O4/c1-25-17-7-5-4-6-15(17)9-11-20-22-16(21(24)23-20)12-14-8-10-18(26-2)19(13-14)27-3/h4-8,10,12-13H,9,11H2,1-3H3,(H,22,23,24)/b16-12+. The number of rotatable bonds is 7. The minimum absolute atomic E-state index is 0.209. The first-order valence-corrected chi connectivity index (χ1v) is 8.59. The van der Waals surface area contributed by atoms with E-state index in [9.17, 15) is 4.79 Å². The van der Waals surface area contributed by atoms with Crippen molar-refractivity contribution >= 4 is 17.8 Å². The van der Waals surface area contributed by atoms with Gasteiger partial charge < -0.3 is 19.5 Å². The van der Waals surface area contributed by atoms with Crippen LogP contribution in [0, 0.1) is 0 Å². The van der Waals surface area contributed by atoms with Gasteiger partial charge in [0.05, 0.1) is 21.3 Å². The maximum Gasteiger partial charge on any atom is 0.275 e. The van der Waals surface area contributed by atoms with Crippen molar-refractivity contribution in [2.24, 2.45) is 4.99 Å². The van der Waals surface area contributed by atoms with Gasteiger partial charge in [-0.25, -0.2) is 4.99 Å². The fraction of sp³-hybridized carbons (Fsp3) is 0.238. The topological polar surface area (TPSA) is 69.1 Å². The number of aliphatic imine (C=N–C) groups is 1. The third kappa shape index (κ3) is 4.28. The van der Waals surface area contributed by atoms with Crippen LogP contribution in [0.3, 0.4) is 0 Å². The Morgan fingerprint density at radius 3 is 2.41 bits per heavy atom. The van der Waals surface area contributed by atoms with Crippen molar-refractivity contribution in [1.29, 1.82) is 0 Å². The number of benzene rings is 2. The highest BCUT2D eigenvalue weighted by Gasteiger charge is 2.20. The molecule has 27 heavy (non-hydrogen) atoms. The highest BCUT2D eigenvalue weighted by molar-refractivity contribution is 6.14. The number of para-hydroxylation sites is 1. The lowest BCUT2D eigenvalue weighted by Crippen LogP contribution is -2.24. The van der Waals surface area contributed by atoms with E-state index in [1.807, 2.05) is 36.4 Å². The van der Waals surface area contributed by atoms with E-state index in [2.05, 4.69) is 10.3 Å². The van der Waals surface area contributed by atoms with Gasteiger partial charge >= 0.3 is 0 Å². The number of nitrogens with zero attached hydrogens (tertiary/aromatic N) is 1. The molecule has 0 unspecified atom stereocenters. The largest absolute Gasteiger partial charge is 0.496 e. The lowest BCUT2D eigenvalue weighted by molar-refractivity contribution is -0.115. The van der Waals surface area contributed by atoms with Gasteiger partial charge in [0.1, 0.15) is 17.3 Å². The van der Waals surface area contributed by atoms with Crippen molar-refractivity contribution in [2.75, 3.05) is 21.3 Å². The van der Waals surface area contributed by atoms with E-state index in [4.69, 9.17) is 14.2 Å². The lowest BCUT2D eigenvalue weighted by Gasteiger charge is -2.07. The average Bonchev–Trinajstić information content (AvgIpc) is 3.05. The second kappa shape index (κ2) is 8.40. The second-order valence-corrected chi connectivity index (χ2v) is 5.97. The molecule has 0 aromatic heterocycles. The molecule has 0 atom stereocenters. The molecular formula is C21H22N2O4. The molecule has 0 saturated heterocycles. The van der Waals surface area contributed by atoms with Crippen LogP contribution < -0.4 is 19.5 Å². The Bertz CT molecular complexity index is 903. The van der Waals surface area contributed by atoms with Crippen molar-refractivity contribution in [3.63, 3.8) is 0 Å². The van der Waals surface area contributed by atoms with Crippen LogP contribution in [0.25, 0.3) is 6.08 Å². The molecule has 2 aromatic rings. The van der Waals surface area contributed by atoms with Crippen LogP contribution in [0.2, 0.25) is 0 Å². The SMILES string of the molecule is COc1ccccc1CCC1=N/C(=C/c2ccc(OC)c(OC)c2)C(=O)N1. The van der Waals surface area contributed by atoms with Crippen molar-refractivity contribution in [3.05, 3.63) is 59.3 Å². The summed E-state index contributed by atoms with van der Waals surface area (Å²) >= 11 is 0. The highest BCUT2D eigenvalue weighted by Crippen LogP contribution is 2.29. The fourth-order valence-corrected chi connectivity index (χ4v) is 2.90. The summed E-state index contributed by atoms with van der Waals surface area (Å²) in [5, 5.41) is 2.83. The molecule has 6 nitrogen and oxygen atoms in total. The number of carbonyl (C=O) groups excluding carboxylic acids is 1. The number of methoxy groups -OCH3 is 3. The molecule has 0 radical (unpaired) electrons. The summed E-state index contributed by atoms with van der Waals surface area (Å²) in [5.41, 5.74) is 2.26. The molecule has 0 aliphatic carbocycles. The Balaban J connectivity index is 1.75. The summed E-state index contributed by atoms with van der Waals surface area (Å²) in [6.07, 6.45) is 3.08. The number of amidine groups is 1. The van der Waals surface area contributed by atoms with Crippen molar-refractivity contribution in [1.82, 2.24) is 5.32 Å². The number of hydrogen-bond acceptors (Lipinski definition) is 5. The number of carbonyl (C=O) groups is 1. The molecule has 0 saturated carbocycles. The molecule has 6 heteroatoms. The van der Waals surface area contributed by atoms with Gasteiger partial charge in [-0.05, 0) is 41.8 Å². The Kier molecular flexibility index (Phi) is 5.76. The molecule has 0 bridgehead atoms. The molecule has 1 heterocycles. The van der Waals surface area contributed by atoms with Crippen molar-refractivity contribution in [2.45, 2.75) is 12.8 Å². The van der Waals surface area contributed by atoms with E-state index in [0.717, 1.165) is 23.3 Å². The second-order valence-electron chi connectivity index (χ2n) is 5.97. The minimum Gasteiger partial charge on any atom is -0.496 e. The smallest absolute Gasteiger partial charge is 0.275 e.